The molecule has 1 heterocycles. The van der Waals surface area contributed by atoms with Crippen molar-refractivity contribution in [3.63, 3.8) is 0 Å². The summed E-state index contributed by atoms with van der Waals surface area (Å²) in [6.45, 7) is 0. The normalized spacial score (nSPS) is 17.3. The highest BCUT2D eigenvalue weighted by molar-refractivity contribution is 6.08. The van der Waals surface area contributed by atoms with Gasteiger partial charge < -0.3 is 0 Å². The Balaban J connectivity index is 1.83. The van der Waals surface area contributed by atoms with Gasteiger partial charge in [0.25, 0.3) is 0 Å². The summed E-state index contributed by atoms with van der Waals surface area (Å²) in [6, 6.07) is 43.0. The van der Waals surface area contributed by atoms with Crippen molar-refractivity contribution in [2.45, 2.75) is 11.3 Å². The minimum absolute atomic E-state index is 0.0518. The lowest BCUT2D eigenvalue weighted by Gasteiger charge is -2.42. The molecule has 1 aliphatic heterocycles. The second kappa shape index (κ2) is 7.96. The van der Waals surface area contributed by atoms with Crippen molar-refractivity contribution in [3.05, 3.63) is 156 Å². The van der Waals surface area contributed by atoms with Crippen LogP contribution < -0.4 is 0 Å². The summed E-state index contributed by atoms with van der Waals surface area (Å²) in [5.41, 5.74) is 5.70. The van der Waals surface area contributed by atoms with E-state index >= 15 is 0 Å². The summed E-state index contributed by atoms with van der Waals surface area (Å²) in [5, 5.41) is 0. The molecule has 1 heteroatoms. The maximum atomic E-state index is 4.94. The molecule has 5 rings (SSSR count). The van der Waals surface area contributed by atoms with Crippen molar-refractivity contribution in [2.24, 2.45) is 4.99 Å². The maximum Gasteiger partial charge on any atom is 0.0566 e. The van der Waals surface area contributed by atoms with Crippen molar-refractivity contribution in [1.29, 1.82) is 0 Å². The third-order valence-corrected chi connectivity index (χ3v) is 5.99. The first kappa shape index (κ1) is 18.3. The van der Waals surface area contributed by atoms with Gasteiger partial charge >= 0.3 is 0 Å². The van der Waals surface area contributed by atoms with Crippen molar-refractivity contribution >= 4 is 5.71 Å². The molecule has 0 N–H and O–H groups in total. The highest BCUT2D eigenvalue weighted by Gasteiger charge is 2.45. The van der Waals surface area contributed by atoms with Crippen LogP contribution in [0.15, 0.2) is 139 Å². The SMILES string of the molecule is C1=CC(c2ccccc2)(c2ccccc2)C(c2ccccc2)C(c2ccccc2)=N1. The summed E-state index contributed by atoms with van der Waals surface area (Å²) in [7, 11) is 0. The van der Waals surface area contributed by atoms with Gasteiger partial charge in [0.1, 0.15) is 0 Å². The fraction of sp³-hybridized carbons (Fsp3) is 0.0690. The van der Waals surface area contributed by atoms with Crippen molar-refractivity contribution in [1.82, 2.24) is 0 Å². The fourth-order valence-corrected chi connectivity index (χ4v) is 4.66. The van der Waals surface area contributed by atoms with E-state index in [4.69, 9.17) is 4.99 Å². The fourth-order valence-electron chi connectivity index (χ4n) is 4.66. The third-order valence-electron chi connectivity index (χ3n) is 5.99. The van der Waals surface area contributed by atoms with Gasteiger partial charge in [-0.3, -0.25) is 4.99 Å². The van der Waals surface area contributed by atoms with Crippen molar-refractivity contribution < 1.29 is 0 Å². The molecule has 0 saturated heterocycles. The summed E-state index contributed by atoms with van der Waals surface area (Å²) < 4.78 is 0. The number of hydrogen-bond donors (Lipinski definition) is 0. The predicted molar refractivity (Wildman–Crippen MR) is 125 cm³/mol. The van der Waals surface area contributed by atoms with E-state index in [0.717, 1.165) is 11.3 Å². The van der Waals surface area contributed by atoms with Gasteiger partial charge in [-0.15, -0.1) is 0 Å². The summed E-state index contributed by atoms with van der Waals surface area (Å²) in [6.07, 6.45) is 4.27. The Hall–Kier alpha value is -3.71. The zero-order valence-electron chi connectivity index (χ0n) is 16.7. The molecule has 0 saturated carbocycles. The highest BCUT2D eigenvalue weighted by Crippen LogP contribution is 2.49. The average molecular weight is 386 g/mol. The molecule has 144 valence electrons. The largest absolute Gasteiger partial charge is 0.260 e. The first-order valence-electron chi connectivity index (χ1n) is 10.4. The van der Waals surface area contributed by atoms with E-state index < -0.39 is 0 Å². The molecule has 30 heavy (non-hydrogen) atoms. The number of aliphatic imine (C=N–C) groups is 1. The molecule has 1 atom stereocenters. The first-order valence-corrected chi connectivity index (χ1v) is 10.4. The van der Waals surface area contributed by atoms with E-state index in [0.29, 0.717) is 0 Å². The molecule has 1 unspecified atom stereocenters. The zero-order chi connectivity index (χ0) is 20.2. The molecule has 4 aromatic carbocycles. The van der Waals surface area contributed by atoms with Crippen LogP contribution in [0.1, 0.15) is 28.2 Å². The van der Waals surface area contributed by atoms with Gasteiger partial charge in [-0.2, -0.15) is 0 Å². The molecular formula is C29H23N. The minimum Gasteiger partial charge on any atom is -0.260 e. The van der Waals surface area contributed by atoms with Gasteiger partial charge in [0.05, 0.1) is 11.1 Å². The van der Waals surface area contributed by atoms with Gasteiger partial charge in [-0.1, -0.05) is 127 Å². The van der Waals surface area contributed by atoms with E-state index in [1.807, 2.05) is 6.20 Å². The Morgan fingerprint density at radius 2 is 1.00 bits per heavy atom. The van der Waals surface area contributed by atoms with Crippen molar-refractivity contribution in [2.75, 3.05) is 0 Å². The van der Waals surface area contributed by atoms with Gasteiger partial charge in [-0.05, 0) is 22.3 Å². The topological polar surface area (TPSA) is 12.4 Å². The van der Waals surface area contributed by atoms with Gasteiger partial charge in [0.2, 0.25) is 0 Å². The lowest BCUT2D eigenvalue weighted by atomic mass is 9.60. The summed E-state index contributed by atoms with van der Waals surface area (Å²) in [4.78, 5) is 4.94. The number of allylic oxidation sites excluding steroid dienone is 1. The molecular weight excluding hydrogens is 362 g/mol. The van der Waals surface area contributed by atoms with E-state index in [1.165, 1.54) is 16.7 Å². The zero-order valence-corrected chi connectivity index (χ0v) is 16.7. The average Bonchev–Trinajstić information content (AvgIpc) is 2.85. The van der Waals surface area contributed by atoms with Crippen LogP contribution in [-0.4, -0.2) is 5.71 Å². The molecule has 4 aromatic rings. The van der Waals surface area contributed by atoms with Crippen LogP contribution in [0.4, 0.5) is 0 Å². The quantitative estimate of drug-likeness (QED) is 0.367. The number of rotatable bonds is 4. The standard InChI is InChI=1S/C29H23N/c1-5-13-23(14-6-1)27-28(24-15-7-2-8-16-24)30-22-21-29(27,25-17-9-3-10-18-25)26-19-11-4-12-20-26/h1-22,27H. The summed E-state index contributed by atoms with van der Waals surface area (Å²) >= 11 is 0. The number of hydrogen-bond acceptors (Lipinski definition) is 1. The van der Waals surface area contributed by atoms with Gasteiger partial charge in [-0.25, -0.2) is 0 Å². The molecule has 0 aromatic heterocycles. The van der Waals surface area contributed by atoms with E-state index in [2.05, 4.69) is 127 Å². The molecule has 0 bridgehead atoms. The Kier molecular flexibility index (Phi) is 4.86. The van der Waals surface area contributed by atoms with Gasteiger partial charge in [0, 0.05) is 12.1 Å². The van der Waals surface area contributed by atoms with E-state index in [9.17, 15) is 0 Å². The number of nitrogens with zero attached hydrogens (tertiary/aromatic N) is 1. The highest BCUT2D eigenvalue weighted by atomic mass is 14.8. The van der Waals surface area contributed by atoms with Gasteiger partial charge in [0.15, 0.2) is 0 Å². The maximum absolute atomic E-state index is 4.94. The Morgan fingerprint density at radius 3 is 1.53 bits per heavy atom. The molecule has 0 aliphatic carbocycles. The molecule has 0 amide bonds. The molecule has 0 spiro atoms. The second-order valence-electron chi connectivity index (χ2n) is 7.64. The van der Waals surface area contributed by atoms with Crippen LogP contribution >= 0.6 is 0 Å². The van der Waals surface area contributed by atoms with Crippen LogP contribution in [0.2, 0.25) is 0 Å². The van der Waals surface area contributed by atoms with Crippen LogP contribution in [-0.2, 0) is 5.41 Å². The Bertz CT molecular complexity index is 1120. The van der Waals surface area contributed by atoms with Crippen LogP contribution in [0, 0.1) is 0 Å². The third kappa shape index (κ3) is 3.09. The molecule has 0 radical (unpaired) electrons. The Morgan fingerprint density at radius 1 is 0.533 bits per heavy atom. The summed E-state index contributed by atoms with van der Waals surface area (Å²) in [5.74, 6) is 0.0518. The monoisotopic (exact) mass is 385 g/mol. The van der Waals surface area contributed by atoms with Crippen LogP contribution in [0.5, 0.6) is 0 Å². The van der Waals surface area contributed by atoms with E-state index in [-0.39, 0.29) is 11.3 Å². The van der Waals surface area contributed by atoms with Crippen LogP contribution in [0.25, 0.3) is 0 Å². The smallest absolute Gasteiger partial charge is 0.0566 e. The molecule has 1 aliphatic rings. The minimum atomic E-state index is -0.350. The van der Waals surface area contributed by atoms with Crippen LogP contribution in [0.3, 0.4) is 0 Å². The molecule has 0 fully saturated rings. The first-order chi connectivity index (χ1) is 14.9. The second-order valence-corrected chi connectivity index (χ2v) is 7.64. The Labute approximate surface area is 178 Å². The number of benzene rings is 4. The lowest BCUT2D eigenvalue weighted by molar-refractivity contribution is 0.586. The van der Waals surface area contributed by atoms with E-state index in [1.54, 1.807) is 0 Å². The molecule has 1 nitrogen and oxygen atoms in total. The predicted octanol–water partition coefficient (Wildman–Crippen LogP) is 6.77. The van der Waals surface area contributed by atoms with Crippen molar-refractivity contribution in [3.8, 4) is 0 Å². The lowest BCUT2D eigenvalue weighted by Crippen LogP contribution is -2.39.